The fraction of sp³-hybridized carbons (Fsp3) is 0.452. The Morgan fingerprint density at radius 2 is 1.73 bits per heavy atom. The smallest absolute Gasteiger partial charge is 0.318 e. The molecule has 2 aromatic carbocycles. The van der Waals surface area contributed by atoms with Gasteiger partial charge >= 0.3 is 6.01 Å². The predicted octanol–water partition coefficient (Wildman–Crippen LogP) is 5.25. The van der Waals surface area contributed by atoms with E-state index in [2.05, 4.69) is 44.0 Å². The van der Waals surface area contributed by atoms with Crippen LogP contribution in [-0.2, 0) is 0 Å². The highest BCUT2D eigenvalue weighted by atomic mass is 19.1. The van der Waals surface area contributed by atoms with E-state index in [1.807, 2.05) is 13.8 Å². The fourth-order valence-electron chi connectivity index (χ4n) is 6.11. The molecule has 218 valence electrons. The van der Waals surface area contributed by atoms with Crippen molar-refractivity contribution in [3.63, 3.8) is 0 Å². The third-order valence-corrected chi connectivity index (χ3v) is 7.79. The van der Waals surface area contributed by atoms with E-state index in [1.54, 1.807) is 24.4 Å². The number of rotatable bonds is 3. The van der Waals surface area contributed by atoms with Crippen LogP contribution in [0.1, 0.15) is 33.6 Å². The Bertz CT molecular complexity index is 1520. The van der Waals surface area contributed by atoms with Crippen molar-refractivity contribution in [1.29, 1.82) is 0 Å². The standard InChI is InChI=1S/C24H22F2N6O.C5H11N.C2H6/c1-33-24-30-22-17(23(31-24)32-10-14-5-6-15(11-32)29-14)9-28-21(20(22)26)16-8-13(27)7-12-3-2-4-18(25)19(12)16;1-5-3-6(2)4-5;1-2/h2-4,7-9,14-15,29H,5-6,10-11,27H2,1H3;5H,3-4H2,1-2H3;1-2H3. The van der Waals surface area contributed by atoms with Gasteiger partial charge in [0.1, 0.15) is 22.8 Å². The molecule has 7 rings (SSSR count). The molecule has 2 atom stereocenters. The molecule has 2 aromatic heterocycles. The van der Waals surface area contributed by atoms with Gasteiger partial charge in [0.15, 0.2) is 5.82 Å². The quantitative estimate of drug-likeness (QED) is 0.327. The van der Waals surface area contributed by atoms with Crippen LogP contribution in [0, 0.1) is 17.6 Å². The number of aromatic nitrogens is 3. The van der Waals surface area contributed by atoms with Crippen LogP contribution in [0.15, 0.2) is 36.5 Å². The number of nitrogens with one attached hydrogen (secondary N) is 1. The Balaban J connectivity index is 0.000000371. The van der Waals surface area contributed by atoms with Crippen molar-refractivity contribution in [2.75, 3.05) is 51.0 Å². The Labute approximate surface area is 239 Å². The van der Waals surface area contributed by atoms with Gasteiger partial charge in [-0.3, -0.25) is 4.98 Å². The molecule has 5 heterocycles. The Kier molecular flexibility index (Phi) is 8.51. The molecule has 2 bridgehead atoms. The predicted molar refractivity (Wildman–Crippen MR) is 161 cm³/mol. The molecule has 0 amide bonds. The molecule has 3 aliphatic heterocycles. The number of hydrogen-bond acceptors (Lipinski definition) is 8. The van der Waals surface area contributed by atoms with E-state index in [1.165, 1.54) is 32.3 Å². The lowest BCUT2D eigenvalue weighted by Gasteiger charge is -2.34. The minimum absolute atomic E-state index is 0.0167. The SMILES string of the molecule is CC.CC1CN(C)C1.COc1nc(N2CC3CCC(C2)N3)c2cnc(-c3cc(N)cc4cccc(F)c34)c(F)c2n1. The zero-order valence-corrected chi connectivity index (χ0v) is 24.4. The number of ether oxygens (including phenoxy) is 1. The molecule has 0 radical (unpaired) electrons. The number of nitrogens with zero attached hydrogens (tertiary/aromatic N) is 5. The maximum Gasteiger partial charge on any atom is 0.318 e. The molecule has 4 aromatic rings. The first kappa shape index (κ1) is 28.9. The van der Waals surface area contributed by atoms with E-state index in [4.69, 9.17) is 10.5 Å². The average molecular weight is 564 g/mol. The molecule has 3 saturated heterocycles. The molecular weight excluding hydrogens is 524 g/mol. The number of halogens is 2. The molecule has 3 fully saturated rings. The van der Waals surface area contributed by atoms with Gasteiger partial charge in [0.05, 0.1) is 12.5 Å². The van der Waals surface area contributed by atoms with E-state index >= 15 is 4.39 Å². The summed E-state index contributed by atoms with van der Waals surface area (Å²) in [6.07, 6.45) is 3.76. The summed E-state index contributed by atoms with van der Waals surface area (Å²) in [6, 6.07) is 8.68. The largest absolute Gasteiger partial charge is 0.467 e. The van der Waals surface area contributed by atoms with Crippen molar-refractivity contribution in [2.24, 2.45) is 5.92 Å². The summed E-state index contributed by atoms with van der Waals surface area (Å²) < 4.78 is 36.0. The Morgan fingerprint density at radius 1 is 1.02 bits per heavy atom. The van der Waals surface area contributed by atoms with Gasteiger partial charge in [0, 0.05) is 61.1 Å². The normalized spacial score (nSPS) is 20.2. The minimum atomic E-state index is -0.664. The second-order valence-corrected chi connectivity index (χ2v) is 11.0. The van der Waals surface area contributed by atoms with Crippen LogP contribution in [0.4, 0.5) is 20.3 Å². The maximum absolute atomic E-state index is 16.0. The molecule has 0 spiro atoms. The number of nitrogen functional groups attached to an aromatic ring is 1. The van der Waals surface area contributed by atoms with Gasteiger partial charge in [-0.1, -0.05) is 32.9 Å². The van der Waals surface area contributed by atoms with Crippen LogP contribution in [0.25, 0.3) is 32.9 Å². The van der Waals surface area contributed by atoms with Gasteiger partial charge in [0.2, 0.25) is 0 Å². The second kappa shape index (κ2) is 12.1. The number of hydrogen-bond donors (Lipinski definition) is 2. The monoisotopic (exact) mass is 563 g/mol. The van der Waals surface area contributed by atoms with Crippen molar-refractivity contribution in [3.8, 4) is 17.3 Å². The summed E-state index contributed by atoms with van der Waals surface area (Å²) in [5.41, 5.74) is 6.78. The van der Waals surface area contributed by atoms with Crippen LogP contribution < -0.4 is 20.7 Å². The van der Waals surface area contributed by atoms with Crippen LogP contribution in [0.5, 0.6) is 6.01 Å². The van der Waals surface area contributed by atoms with Gasteiger partial charge in [-0.15, -0.1) is 0 Å². The Hall–Kier alpha value is -3.63. The molecule has 41 heavy (non-hydrogen) atoms. The number of fused-ring (bicyclic) bond motifs is 4. The summed E-state index contributed by atoms with van der Waals surface area (Å²) in [7, 11) is 3.60. The molecule has 3 N–H and O–H groups in total. The highest BCUT2D eigenvalue weighted by Crippen LogP contribution is 2.37. The first-order valence-electron chi connectivity index (χ1n) is 14.4. The highest BCUT2D eigenvalue weighted by molar-refractivity contribution is 6.01. The molecule has 0 saturated carbocycles. The van der Waals surface area contributed by atoms with Crippen molar-refractivity contribution in [3.05, 3.63) is 48.2 Å². The number of methoxy groups -OCH3 is 1. The highest BCUT2D eigenvalue weighted by Gasteiger charge is 2.34. The molecule has 10 heteroatoms. The summed E-state index contributed by atoms with van der Waals surface area (Å²) in [5, 5.41) is 4.91. The summed E-state index contributed by atoms with van der Waals surface area (Å²) in [6.45, 7) is 10.4. The number of anilines is 2. The molecule has 0 aliphatic carbocycles. The average Bonchev–Trinajstić information content (AvgIpc) is 3.30. The zero-order valence-electron chi connectivity index (χ0n) is 24.4. The van der Waals surface area contributed by atoms with E-state index in [9.17, 15) is 4.39 Å². The topological polar surface area (TPSA) is 92.4 Å². The minimum Gasteiger partial charge on any atom is -0.467 e. The van der Waals surface area contributed by atoms with Crippen molar-refractivity contribution < 1.29 is 13.5 Å². The number of likely N-dealkylation sites (tertiary alicyclic amines) is 1. The lowest BCUT2D eigenvalue weighted by Crippen LogP contribution is -2.51. The van der Waals surface area contributed by atoms with Crippen molar-refractivity contribution in [1.82, 2.24) is 25.2 Å². The fourth-order valence-corrected chi connectivity index (χ4v) is 6.11. The van der Waals surface area contributed by atoms with Crippen molar-refractivity contribution >= 4 is 33.2 Å². The third-order valence-electron chi connectivity index (χ3n) is 7.79. The summed E-state index contributed by atoms with van der Waals surface area (Å²) in [5.74, 6) is 0.426. The lowest BCUT2D eigenvalue weighted by atomic mass is 9.99. The summed E-state index contributed by atoms with van der Waals surface area (Å²) >= 11 is 0. The number of benzene rings is 2. The van der Waals surface area contributed by atoms with Gasteiger partial charge < -0.3 is 25.6 Å². The molecular formula is C31H39F2N7O. The Morgan fingerprint density at radius 3 is 2.34 bits per heavy atom. The van der Waals surface area contributed by atoms with Gasteiger partial charge in [-0.05, 0) is 49.4 Å². The maximum atomic E-state index is 16.0. The number of piperazine rings is 1. The number of pyridine rings is 1. The van der Waals surface area contributed by atoms with Crippen LogP contribution in [0.2, 0.25) is 0 Å². The van der Waals surface area contributed by atoms with Crippen LogP contribution >= 0.6 is 0 Å². The summed E-state index contributed by atoms with van der Waals surface area (Å²) in [4.78, 5) is 17.7. The lowest BCUT2D eigenvalue weighted by molar-refractivity contribution is 0.149. The van der Waals surface area contributed by atoms with E-state index in [0.717, 1.165) is 31.8 Å². The van der Waals surface area contributed by atoms with Crippen molar-refractivity contribution in [2.45, 2.75) is 45.7 Å². The van der Waals surface area contributed by atoms with Crippen LogP contribution in [-0.4, -0.2) is 72.3 Å². The van der Waals surface area contributed by atoms with E-state index in [-0.39, 0.29) is 28.2 Å². The molecule has 8 nitrogen and oxygen atoms in total. The van der Waals surface area contributed by atoms with Gasteiger partial charge in [-0.25, -0.2) is 8.78 Å². The zero-order chi connectivity index (χ0) is 29.3. The first-order valence-corrected chi connectivity index (χ1v) is 14.4. The van der Waals surface area contributed by atoms with Gasteiger partial charge in [-0.2, -0.15) is 9.97 Å². The molecule has 2 unspecified atom stereocenters. The molecule has 3 aliphatic rings. The third kappa shape index (κ3) is 5.76. The number of nitrogens with two attached hydrogens (primary N) is 1. The first-order chi connectivity index (χ1) is 19.8. The second-order valence-electron chi connectivity index (χ2n) is 11.0. The van der Waals surface area contributed by atoms with Crippen LogP contribution in [0.3, 0.4) is 0 Å². The van der Waals surface area contributed by atoms with Gasteiger partial charge in [0.25, 0.3) is 0 Å². The van der Waals surface area contributed by atoms with E-state index in [0.29, 0.717) is 34.4 Å². The van der Waals surface area contributed by atoms with E-state index < -0.39 is 11.6 Å².